The van der Waals surface area contributed by atoms with E-state index in [1.54, 1.807) is 6.20 Å². The minimum atomic E-state index is 0.134. The smallest absolute Gasteiger partial charge is 0.175 e. The number of piperazine rings is 1. The number of hydrogen-bond acceptors (Lipinski definition) is 6. The molecule has 2 aromatic carbocycles. The quantitative estimate of drug-likeness (QED) is 0.495. The van der Waals surface area contributed by atoms with Gasteiger partial charge in [0.1, 0.15) is 0 Å². The third-order valence-electron chi connectivity index (χ3n) is 6.73. The van der Waals surface area contributed by atoms with Crippen LogP contribution in [0.3, 0.4) is 0 Å². The number of likely N-dealkylation sites (N-methyl/N-ethyl adjacent to an activating group) is 1. The first kappa shape index (κ1) is 23.5. The van der Waals surface area contributed by atoms with E-state index in [0.717, 1.165) is 36.2 Å². The second-order valence-electron chi connectivity index (χ2n) is 9.12. The molecule has 3 aromatic rings. The number of hydrogen-bond donors (Lipinski definition) is 2. The number of rotatable bonds is 7. The Labute approximate surface area is 207 Å². The van der Waals surface area contributed by atoms with E-state index in [-0.39, 0.29) is 12.2 Å². The van der Waals surface area contributed by atoms with Crippen molar-refractivity contribution in [1.82, 2.24) is 25.8 Å². The van der Waals surface area contributed by atoms with Gasteiger partial charge in [-0.25, -0.2) is 5.01 Å². The summed E-state index contributed by atoms with van der Waals surface area (Å²) >= 11 is 0. The van der Waals surface area contributed by atoms with Crippen LogP contribution in [0.1, 0.15) is 18.5 Å². The van der Waals surface area contributed by atoms with Crippen molar-refractivity contribution < 1.29 is 4.84 Å². The van der Waals surface area contributed by atoms with Gasteiger partial charge in [0.05, 0.1) is 18.4 Å². The number of pyridine rings is 1. The molecule has 1 fully saturated rings. The molecule has 6 heteroatoms. The van der Waals surface area contributed by atoms with E-state index in [2.05, 4.69) is 99.5 Å². The highest BCUT2D eigenvalue weighted by molar-refractivity contribution is 5.87. The molecule has 5 rings (SSSR count). The van der Waals surface area contributed by atoms with Crippen molar-refractivity contribution in [3.05, 3.63) is 109 Å². The predicted molar refractivity (Wildman–Crippen MR) is 141 cm³/mol. The number of nitrogens with one attached hydrogen (secondary N) is 2. The van der Waals surface area contributed by atoms with E-state index in [1.165, 1.54) is 11.1 Å². The molecule has 6 nitrogen and oxygen atoms in total. The summed E-state index contributed by atoms with van der Waals surface area (Å²) in [6, 6.07) is 19.1. The van der Waals surface area contributed by atoms with Gasteiger partial charge in [0.25, 0.3) is 0 Å². The van der Waals surface area contributed by atoms with Crippen molar-refractivity contribution in [3.63, 3.8) is 0 Å². The van der Waals surface area contributed by atoms with Gasteiger partial charge < -0.3 is 10.2 Å². The summed E-state index contributed by atoms with van der Waals surface area (Å²) in [5.74, 6) is 1.16. The summed E-state index contributed by atoms with van der Waals surface area (Å²) in [5.41, 5.74) is 5.78. The van der Waals surface area contributed by atoms with Crippen molar-refractivity contribution in [2.45, 2.75) is 19.1 Å². The molecule has 2 N–H and O–H groups in total. The molecule has 2 aliphatic rings. The lowest BCUT2D eigenvalue weighted by molar-refractivity contribution is -0.0600. The minimum Gasteiger partial charge on any atom is -0.391 e. The Hall–Kier alpha value is -3.29. The number of benzene rings is 2. The molecule has 1 saturated heterocycles. The summed E-state index contributed by atoms with van der Waals surface area (Å²) < 4.78 is 0. The van der Waals surface area contributed by atoms with Gasteiger partial charge in [0, 0.05) is 36.6 Å². The van der Waals surface area contributed by atoms with Crippen LogP contribution < -0.4 is 15.7 Å². The molecule has 1 aliphatic carbocycles. The molecule has 2 heterocycles. The van der Waals surface area contributed by atoms with Gasteiger partial charge in [-0.1, -0.05) is 97.5 Å². The lowest BCUT2D eigenvalue weighted by Gasteiger charge is -2.45. The van der Waals surface area contributed by atoms with Crippen molar-refractivity contribution in [2.24, 2.45) is 5.92 Å². The molecule has 0 saturated carbocycles. The van der Waals surface area contributed by atoms with E-state index in [0.29, 0.717) is 5.92 Å². The van der Waals surface area contributed by atoms with E-state index >= 15 is 0 Å². The maximum absolute atomic E-state index is 6.01. The van der Waals surface area contributed by atoms with E-state index in [4.69, 9.17) is 4.84 Å². The van der Waals surface area contributed by atoms with Gasteiger partial charge in [-0.3, -0.25) is 9.88 Å². The Kier molecular flexibility index (Phi) is 7.35. The van der Waals surface area contributed by atoms with Crippen LogP contribution >= 0.6 is 0 Å². The van der Waals surface area contributed by atoms with Crippen LogP contribution in [0.2, 0.25) is 0 Å². The van der Waals surface area contributed by atoms with Crippen molar-refractivity contribution in [3.8, 4) is 5.75 Å². The molecule has 0 spiro atoms. The molecule has 0 amide bonds. The highest BCUT2D eigenvalue weighted by Crippen LogP contribution is 2.33. The second-order valence-corrected chi connectivity index (χ2v) is 9.12. The van der Waals surface area contributed by atoms with Crippen LogP contribution in [0.25, 0.3) is 10.8 Å². The Balaban J connectivity index is 1.34. The van der Waals surface area contributed by atoms with Gasteiger partial charge in [-0.2, -0.15) is 0 Å². The third kappa shape index (κ3) is 5.36. The summed E-state index contributed by atoms with van der Waals surface area (Å²) in [5, 5.41) is 7.76. The molecular formula is C29H33N5O. The molecule has 35 heavy (non-hydrogen) atoms. The zero-order valence-electron chi connectivity index (χ0n) is 20.3. The number of allylic oxidation sites excluding steroid dienone is 4. The second kappa shape index (κ2) is 11.0. The number of hydrazine groups is 1. The van der Waals surface area contributed by atoms with E-state index in [1.807, 2.05) is 31.4 Å². The fourth-order valence-electron chi connectivity index (χ4n) is 4.85. The number of aromatic nitrogens is 1. The summed E-state index contributed by atoms with van der Waals surface area (Å²) in [7, 11) is 2.03. The molecule has 1 aromatic heterocycles. The van der Waals surface area contributed by atoms with Crippen LogP contribution in [0.15, 0.2) is 103 Å². The zero-order valence-corrected chi connectivity index (χ0v) is 20.3. The first-order valence-corrected chi connectivity index (χ1v) is 12.3. The molecular weight excluding hydrogens is 434 g/mol. The average Bonchev–Trinajstić information content (AvgIpc) is 3.13. The average molecular weight is 468 g/mol. The lowest BCUT2D eigenvalue weighted by Crippen LogP contribution is -2.62. The van der Waals surface area contributed by atoms with Crippen molar-refractivity contribution in [1.29, 1.82) is 0 Å². The summed E-state index contributed by atoms with van der Waals surface area (Å²) in [6.07, 6.45) is 15.0. The zero-order chi connectivity index (χ0) is 24.0. The van der Waals surface area contributed by atoms with Crippen LogP contribution in [-0.2, 0) is 0 Å². The normalized spacial score (nSPS) is 22.1. The van der Waals surface area contributed by atoms with Crippen LogP contribution in [0, 0.1) is 5.92 Å². The van der Waals surface area contributed by atoms with Gasteiger partial charge >= 0.3 is 0 Å². The topological polar surface area (TPSA) is 52.7 Å². The fourth-order valence-corrected chi connectivity index (χ4v) is 4.85. The lowest BCUT2D eigenvalue weighted by atomic mass is 9.94. The maximum Gasteiger partial charge on any atom is 0.175 e. The first-order valence-electron chi connectivity index (χ1n) is 12.3. The van der Waals surface area contributed by atoms with Crippen LogP contribution in [0.4, 0.5) is 0 Å². The van der Waals surface area contributed by atoms with Gasteiger partial charge in [-0.15, -0.1) is 0 Å². The Morgan fingerprint density at radius 2 is 1.83 bits per heavy atom. The Morgan fingerprint density at radius 3 is 2.69 bits per heavy atom. The monoisotopic (exact) mass is 467 g/mol. The van der Waals surface area contributed by atoms with E-state index in [9.17, 15) is 0 Å². The highest BCUT2D eigenvalue weighted by atomic mass is 16.7. The standard InChI is InChI=1S/C29H33N5O/c1-22-9-8-13-24(16-15-22)29(23-10-4-3-5-11-23)34-18-17-33(21-28(34)30-2)32-35-27-20-31-19-25-12-6-7-14-26(25)27/h3-16,19-20,22,28-30,32H,17-18,21H2,1-2H3. The molecule has 0 bridgehead atoms. The Morgan fingerprint density at radius 1 is 1.00 bits per heavy atom. The molecule has 3 atom stereocenters. The predicted octanol–water partition coefficient (Wildman–Crippen LogP) is 4.63. The first-order chi connectivity index (χ1) is 17.2. The van der Waals surface area contributed by atoms with Gasteiger partial charge in [0.15, 0.2) is 5.75 Å². The molecule has 3 unspecified atom stereocenters. The minimum absolute atomic E-state index is 0.134. The summed E-state index contributed by atoms with van der Waals surface area (Å²) in [6.45, 7) is 4.68. The van der Waals surface area contributed by atoms with E-state index < -0.39 is 0 Å². The number of fused-ring (bicyclic) bond motifs is 1. The van der Waals surface area contributed by atoms with Gasteiger partial charge in [-0.05, 0) is 24.1 Å². The SMILES string of the molecule is CNC1CN(NOc2cncc3ccccc23)CCN1C(C1=CC=CC(C)C=C1)c1ccccc1. The molecule has 1 aliphatic heterocycles. The third-order valence-corrected chi connectivity index (χ3v) is 6.73. The maximum atomic E-state index is 6.01. The number of nitrogens with zero attached hydrogens (tertiary/aromatic N) is 3. The Bertz CT molecular complexity index is 1220. The van der Waals surface area contributed by atoms with Crippen molar-refractivity contribution in [2.75, 3.05) is 26.7 Å². The van der Waals surface area contributed by atoms with Crippen molar-refractivity contribution >= 4 is 10.8 Å². The summed E-state index contributed by atoms with van der Waals surface area (Å²) in [4.78, 5) is 12.9. The van der Waals surface area contributed by atoms with Crippen LogP contribution in [0.5, 0.6) is 5.75 Å². The van der Waals surface area contributed by atoms with Crippen LogP contribution in [-0.4, -0.2) is 47.7 Å². The molecule has 0 radical (unpaired) electrons. The van der Waals surface area contributed by atoms with Gasteiger partial charge in [0.2, 0.25) is 0 Å². The largest absolute Gasteiger partial charge is 0.391 e. The fraction of sp³-hybridized carbons (Fsp3) is 0.276. The molecule has 180 valence electrons. The highest BCUT2D eigenvalue weighted by Gasteiger charge is 2.33.